The molecule has 3 amide bonds. The lowest BCUT2D eigenvalue weighted by molar-refractivity contribution is -0.125. The van der Waals surface area contributed by atoms with Crippen molar-refractivity contribution in [3.8, 4) is 0 Å². The van der Waals surface area contributed by atoms with E-state index in [9.17, 15) is 14.4 Å². The van der Waals surface area contributed by atoms with E-state index in [0.29, 0.717) is 12.2 Å². The number of nitrogens with zero attached hydrogens (tertiary/aromatic N) is 2. The van der Waals surface area contributed by atoms with Gasteiger partial charge in [-0.2, -0.15) is 0 Å². The first-order chi connectivity index (χ1) is 13.0. The van der Waals surface area contributed by atoms with E-state index in [-0.39, 0.29) is 25.0 Å². The third-order valence-electron chi connectivity index (χ3n) is 4.09. The van der Waals surface area contributed by atoms with Gasteiger partial charge in [0.15, 0.2) is 0 Å². The van der Waals surface area contributed by atoms with E-state index < -0.39 is 12.1 Å². The molecule has 0 spiro atoms. The summed E-state index contributed by atoms with van der Waals surface area (Å²) in [6, 6.07) is 10.0. The minimum absolute atomic E-state index is 0.0156. The molecule has 1 aromatic carbocycles. The Balaban J connectivity index is 1.61. The predicted molar refractivity (Wildman–Crippen MR) is 97.5 cm³/mol. The van der Waals surface area contributed by atoms with Crippen LogP contribution in [0.4, 0.5) is 10.5 Å². The van der Waals surface area contributed by atoms with Crippen molar-refractivity contribution in [3.63, 3.8) is 0 Å². The monoisotopic (exact) mass is 368 g/mol. The van der Waals surface area contributed by atoms with E-state index in [1.165, 1.54) is 11.8 Å². The van der Waals surface area contributed by atoms with Gasteiger partial charge in [0.05, 0.1) is 6.54 Å². The maximum Gasteiger partial charge on any atom is 0.410 e. The van der Waals surface area contributed by atoms with Gasteiger partial charge >= 0.3 is 6.09 Å². The van der Waals surface area contributed by atoms with Crippen molar-refractivity contribution in [2.45, 2.75) is 26.1 Å². The van der Waals surface area contributed by atoms with Gasteiger partial charge in [0, 0.05) is 31.5 Å². The standard InChI is InChI=1S/C19H20N4O4/c1-13(24)22-16-6-4-14(5-7-16)11-23-17(12-27-19(23)26)18(25)21-10-15-3-2-8-20-9-15/h2-9,17H,10-12H2,1H3,(H,21,25)(H,22,24)/t17-/m0/s1. The van der Waals surface area contributed by atoms with Crippen LogP contribution in [0, 0.1) is 0 Å². The Hall–Kier alpha value is -3.42. The van der Waals surface area contributed by atoms with Gasteiger partial charge in [-0.05, 0) is 29.3 Å². The number of carbonyl (C=O) groups is 3. The number of carbonyl (C=O) groups excluding carboxylic acids is 3. The lowest BCUT2D eigenvalue weighted by atomic mass is 10.1. The molecule has 0 unspecified atom stereocenters. The highest BCUT2D eigenvalue weighted by Crippen LogP contribution is 2.18. The summed E-state index contributed by atoms with van der Waals surface area (Å²) in [7, 11) is 0. The van der Waals surface area contributed by atoms with Gasteiger partial charge in [-0.15, -0.1) is 0 Å². The van der Waals surface area contributed by atoms with E-state index in [0.717, 1.165) is 11.1 Å². The van der Waals surface area contributed by atoms with Crippen molar-refractivity contribution in [1.82, 2.24) is 15.2 Å². The average molecular weight is 368 g/mol. The van der Waals surface area contributed by atoms with Crippen LogP contribution in [0.2, 0.25) is 0 Å². The van der Waals surface area contributed by atoms with Gasteiger partial charge in [-0.25, -0.2) is 4.79 Å². The van der Waals surface area contributed by atoms with Gasteiger partial charge in [0.2, 0.25) is 11.8 Å². The number of benzene rings is 1. The first-order valence-electron chi connectivity index (χ1n) is 8.49. The molecule has 2 aromatic rings. The minimum atomic E-state index is -0.691. The molecule has 27 heavy (non-hydrogen) atoms. The first kappa shape index (κ1) is 18.4. The summed E-state index contributed by atoms with van der Waals surface area (Å²) in [4.78, 5) is 41.0. The van der Waals surface area contributed by atoms with Crippen LogP contribution >= 0.6 is 0 Å². The lowest BCUT2D eigenvalue weighted by Crippen LogP contribution is -2.45. The summed E-state index contributed by atoms with van der Waals surface area (Å²) < 4.78 is 5.06. The zero-order chi connectivity index (χ0) is 19.2. The molecule has 3 rings (SSSR count). The van der Waals surface area contributed by atoms with Crippen LogP contribution in [-0.2, 0) is 27.4 Å². The smallest absolute Gasteiger partial charge is 0.410 e. The number of nitrogens with one attached hydrogen (secondary N) is 2. The second-order valence-electron chi connectivity index (χ2n) is 6.18. The molecular weight excluding hydrogens is 348 g/mol. The van der Waals surface area contributed by atoms with Gasteiger partial charge in [0.25, 0.3) is 0 Å². The Kier molecular flexibility index (Phi) is 5.65. The Morgan fingerprint density at radius 2 is 2.00 bits per heavy atom. The third kappa shape index (κ3) is 4.81. The SMILES string of the molecule is CC(=O)Nc1ccc(CN2C(=O)OC[C@H]2C(=O)NCc2cccnc2)cc1. The number of hydrogen-bond donors (Lipinski definition) is 2. The fraction of sp³-hybridized carbons (Fsp3) is 0.263. The molecule has 1 aliphatic heterocycles. The van der Waals surface area contributed by atoms with Crippen LogP contribution in [0.15, 0.2) is 48.8 Å². The maximum absolute atomic E-state index is 12.5. The number of rotatable bonds is 6. The Bertz CT molecular complexity index is 823. The lowest BCUT2D eigenvalue weighted by Gasteiger charge is -2.21. The third-order valence-corrected chi connectivity index (χ3v) is 4.09. The van der Waals surface area contributed by atoms with Crippen LogP contribution in [0.3, 0.4) is 0 Å². The molecule has 0 saturated carbocycles. The normalized spacial score (nSPS) is 16.0. The molecule has 0 aliphatic carbocycles. The first-order valence-corrected chi connectivity index (χ1v) is 8.49. The number of anilines is 1. The highest BCUT2D eigenvalue weighted by Gasteiger charge is 2.37. The summed E-state index contributed by atoms with van der Waals surface area (Å²) in [5, 5.41) is 5.49. The molecule has 1 saturated heterocycles. The summed E-state index contributed by atoms with van der Waals surface area (Å²) in [6.45, 7) is 2.02. The van der Waals surface area contributed by atoms with E-state index in [4.69, 9.17) is 4.74 Å². The van der Waals surface area contributed by atoms with E-state index in [1.54, 1.807) is 42.7 Å². The fourth-order valence-corrected chi connectivity index (χ4v) is 2.75. The molecule has 0 bridgehead atoms. The van der Waals surface area contributed by atoms with E-state index >= 15 is 0 Å². The molecule has 0 radical (unpaired) electrons. The topological polar surface area (TPSA) is 101 Å². The Labute approximate surface area is 156 Å². The summed E-state index contributed by atoms with van der Waals surface area (Å²) >= 11 is 0. The predicted octanol–water partition coefficient (Wildman–Crippen LogP) is 1.68. The van der Waals surface area contributed by atoms with Crippen molar-refractivity contribution in [2.24, 2.45) is 0 Å². The zero-order valence-corrected chi connectivity index (χ0v) is 14.8. The number of amides is 3. The molecule has 1 aliphatic rings. The Morgan fingerprint density at radius 3 is 2.67 bits per heavy atom. The van der Waals surface area contributed by atoms with Crippen LogP contribution in [0.5, 0.6) is 0 Å². The number of aromatic nitrogens is 1. The molecule has 1 aromatic heterocycles. The molecule has 8 heteroatoms. The molecule has 8 nitrogen and oxygen atoms in total. The molecule has 140 valence electrons. The number of ether oxygens (including phenoxy) is 1. The van der Waals surface area contributed by atoms with Crippen LogP contribution in [0.25, 0.3) is 0 Å². The Morgan fingerprint density at radius 1 is 1.22 bits per heavy atom. The molecule has 2 heterocycles. The number of cyclic esters (lactones) is 1. The number of hydrogen-bond acceptors (Lipinski definition) is 5. The van der Waals surface area contributed by atoms with Crippen LogP contribution in [0.1, 0.15) is 18.1 Å². The van der Waals surface area contributed by atoms with Crippen molar-refractivity contribution >= 4 is 23.6 Å². The summed E-state index contributed by atoms with van der Waals surface area (Å²) in [5.41, 5.74) is 2.37. The molecule has 1 atom stereocenters. The van der Waals surface area contributed by atoms with Crippen LogP contribution < -0.4 is 10.6 Å². The van der Waals surface area contributed by atoms with Gasteiger partial charge in [-0.1, -0.05) is 18.2 Å². The number of pyridine rings is 1. The van der Waals surface area contributed by atoms with Crippen molar-refractivity contribution in [2.75, 3.05) is 11.9 Å². The highest BCUT2D eigenvalue weighted by atomic mass is 16.6. The van der Waals surface area contributed by atoms with Crippen molar-refractivity contribution < 1.29 is 19.1 Å². The van der Waals surface area contributed by atoms with Crippen molar-refractivity contribution in [1.29, 1.82) is 0 Å². The zero-order valence-electron chi connectivity index (χ0n) is 14.8. The molecule has 2 N–H and O–H groups in total. The second kappa shape index (κ2) is 8.31. The summed E-state index contributed by atoms with van der Waals surface area (Å²) in [6.07, 6.45) is 2.81. The van der Waals surface area contributed by atoms with E-state index in [1.807, 2.05) is 6.07 Å². The van der Waals surface area contributed by atoms with Crippen molar-refractivity contribution in [3.05, 3.63) is 59.9 Å². The van der Waals surface area contributed by atoms with E-state index in [2.05, 4.69) is 15.6 Å². The highest BCUT2D eigenvalue weighted by molar-refractivity contribution is 5.89. The molecule has 1 fully saturated rings. The van der Waals surface area contributed by atoms with Gasteiger partial charge in [0.1, 0.15) is 12.6 Å². The maximum atomic E-state index is 12.5. The quantitative estimate of drug-likeness (QED) is 0.808. The summed E-state index contributed by atoms with van der Waals surface area (Å²) in [5.74, 6) is -0.434. The molecular formula is C19H20N4O4. The van der Waals surface area contributed by atoms with Crippen LogP contribution in [-0.4, -0.2) is 40.4 Å². The second-order valence-corrected chi connectivity index (χ2v) is 6.18. The minimum Gasteiger partial charge on any atom is -0.447 e. The average Bonchev–Trinajstić information content (AvgIpc) is 3.02. The fourth-order valence-electron chi connectivity index (χ4n) is 2.75. The largest absolute Gasteiger partial charge is 0.447 e. The van der Waals surface area contributed by atoms with Gasteiger partial charge in [-0.3, -0.25) is 19.5 Å². The van der Waals surface area contributed by atoms with Gasteiger partial charge < -0.3 is 15.4 Å².